The van der Waals surface area contributed by atoms with Gasteiger partial charge in [-0.1, -0.05) is 77.7 Å². The van der Waals surface area contributed by atoms with Gasteiger partial charge in [0, 0.05) is 36.3 Å². The number of hydrogen-bond acceptors (Lipinski definition) is 4. The summed E-state index contributed by atoms with van der Waals surface area (Å²) < 4.78 is 10.7. The van der Waals surface area contributed by atoms with Gasteiger partial charge in [0.25, 0.3) is 0 Å². The first-order valence-corrected chi connectivity index (χ1v) is 21.3. The van der Waals surface area contributed by atoms with Crippen LogP contribution < -0.4 is 0 Å². The monoisotopic (exact) mass is 572 g/mol. The van der Waals surface area contributed by atoms with Crippen molar-refractivity contribution in [2.75, 3.05) is 26.2 Å². The standard InChI is InChI=1S/2C14H27ClN2Si/c2*1-4-7-12-18(15)16(5-2)13-10-8-9-11-14(13)17(18)6-3/h2*4,7,13-14H,5-6,8-12H2,1-3H3/b2*7-4+/t2*13-,14-/m10/s1. The molecule has 0 aromatic heterocycles. The summed E-state index contributed by atoms with van der Waals surface area (Å²) in [6.45, 7) is 17.8. The van der Waals surface area contributed by atoms with E-state index >= 15 is 0 Å². The zero-order valence-electron chi connectivity index (χ0n) is 24.1. The summed E-state index contributed by atoms with van der Waals surface area (Å²) in [6.07, 6.45) is 19.8. The lowest BCUT2D eigenvalue weighted by Gasteiger charge is -2.35. The molecule has 0 amide bonds. The highest BCUT2D eigenvalue weighted by atomic mass is 35.6. The van der Waals surface area contributed by atoms with Crippen molar-refractivity contribution >= 4 is 37.6 Å². The average Bonchev–Trinajstić information content (AvgIpc) is 3.29. The fourth-order valence-corrected chi connectivity index (χ4v) is 19.2. The second kappa shape index (κ2) is 14.1. The SMILES string of the molecule is C/C=C/C[Si]1(Cl)N(CC)[C@@H]2CCCC[C@H]2N1CC.C/C=C/C[Si]1(Cl)N(CC)[C@H]2CCCC[C@@H]2N1CC. The minimum absolute atomic E-state index is 0.734. The zero-order valence-corrected chi connectivity index (χ0v) is 27.6. The molecule has 2 heterocycles. The fraction of sp³-hybridized carbons (Fsp3) is 0.857. The van der Waals surface area contributed by atoms with Crippen LogP contribution in [-0.4, -0.2) is 84.0 Å². The first kappa shape index (κ1) is 30.9. The van der Waals surface area contributed by atoms with E-state index in [1.807, 2.05) is 0 Å². The highest BCUT2D eigenvalue weighted by Crippen LogP contribution is 2.44. The molecule has 0 aromatic rings. The van der Waals surface area contributed by atoms with Gasteiger partial charge < -0.3 is 0 Å². The highest BCUT2D eigenvalue weighted by molar-refractivity contribution is 7.18. The molecule has 0 bridgehead atoms. The van der Waals surface area contributed by atoms with Gasteiger partial charge in [-0.05, 0) is 65.7 Å². The van der Waals surface area contributed by atoms with Crippen molar-refractivity contribution in [3.63, 3.8) is 0 Å². The van der Waals surface area contributed by atoms with E-state index in [1.54, 1.807) is 0 Å². The number of rotatable bonds is 8. The van der Waals surface area contributed by atoms with Crippen molar-refractivity contribution in [2.45, 2.75) is 129 Å². The third-order valence-corrected chi connectivity index (χ3v) is 20.5. The predicted octanol–water partition coefficient (Wildman–Crippen LogP) is 7.42. The van der Waals surface area contributed by atoms with Crippen LogP contribution in [0.5, 0.6) is 0 Å². The molecule has 208 valence electrons. The molecule has 4 atom stereocenters. The maximum atomic E-state index is 7.20. The Kier molecular flexibility index (Phi) is 12.1. The first-order chi connectivity index (χ1) is 17.4. The van der Waals surface area contributed by atoms with Crippen molar-refractivity contribution in [2.24, 2.45) is 0 Å². The smallest absolute Gasteiger partial charge is 0.295 e. The van der Waals surface area contributed by atoms with Crippen LogP contribution in [-0.2, 0) is 0 Å². The Morgan fingerprint density at radius 1 is 0.556 bits per heavy atom. The molecule has 0 N–H and O–H groups in total. The van der Waals surface area contributed by atoms with E-state index in [0.717, 1.165) is 62.4 Å². The molecule has 4 fully saturated rings. The molecule has 0 radical (unpaired) electrons. The van der Waals surface area contributed by atoms with Crippen LogP contribution in [0.3, 0.4) is 0 Å². The van der Waals surface area contributed by atoms with Gasteiger partial charge in [-0.25, -0.2) is 0 Å². The van der Waals surface area contributed by atoms with Crippen molar-refractivity contribution in [1.29, 1.82) is 0 Å². The molecule has 0 unspecified atom stereocenters. The van der Waals surface area contributed by atoms with Gasteiger partial charge in [-0.3, -0.25) is 18.3 Å². The van der Waals surface area contributed by atoms with Crippen LogP contribution in [0.15, 0.2) is 24.3 Å². The van der Waals surface area contributed by atoms with Crippen molar-refractivity contribution < 1.29 is 0 Å². The molecule has 0 spiro atoms. The molecule has 36 heavy (non-hydrogen) atoms. The molecule has 4 aliphatic rings. The van der Waals surface area contributed by atoms with Crippen LogP contribution >= 0.6 is 22.2 Å². The lowest BCUT2D eigenvalue weighted by molar-refractivity contribution is 0.210. The van der Waals surface area contributed by atoms with E-state index in [1.165, 1.54) is 51.4 Å². The minimum Gasteiger partial charge on any atom is -0.295 e. The second-order valence-corrected chi connectivity index (χ2v) is 20.6. The number of allylic oxidation sites excluding steroid dienone is 4. The van der Waals surface area contributed by atoms with E-state index in [0.29, 0.717) is 0 Å². The molecule has 4 nitrogen and oxygen atoms in total. The summed E-state index contributed by atoms with van der Waals surface area (Å²) in [5, 5.41) is 0. The zero-order chi connectivity index (χ0) is 26.3. The molecule has 2 saturated carbocycles. The third-order valence-electron chi connectivity index (χ3n) is 9.34. The first-order valence-electron chi connectivity index (χ1n) is 15.0. The summed E-state index contributed by atoms with van der Waals surface area (Å²) in [5.74, 6) is 0. The molecule has 4 rings (SSSR count). The molecule has 2 aliphatic carbocycles. The topological polar surface area (TPSA) is 13.0 Å². The molecule has 2 saturated heterocycles. The largest absolute Gasteiger partial charge is 0.311 e. The van der Waals surface area contributed by atoms with E-state index in [9.17, 15) is 0 Å². The number of likely N-dealkylation sites (N-methyl/N-ethyl adjacent to an activating group) is 4. The normalized spacial score (nSPS) is 33.1. The Morgan fingerprint density at radius 2 is 0.806 bits per heavy atom. The van der Waals surface area contributed by atoms with Gasteiger partial charge in [0.05, 0.1) is 0 Å². The summed E-state index contributed by atoms with van der Waals surface area (Å²) in [7, 11) is -3.88. The van der Waals surface area contributed by atoms with Gasteiger partial charge >= 0.3 is 15.4 Å². The third kappa shape index (κ3) is 5.91. The van der Waals surface area contributed by atoms with E-state index in [2.05, 4.69) is 84.1 Å². The van der Waals surface area contributed by atoms with E-state index in [4.69, 9.17) is 22.2 Å². The fourth-order valence-electron chi connectivity index (χ4n) is 7.90. The van der Waals surface area contributed by atoms with Gasteiger partial charge in [0.15, 0.2) is 0 Å². The Balaban J connectivity index is 0.000000201. The summed E-state index contributed by atoms with van der Waals surface area (Å²) >= 11 is 14.4. The average molecular weight is 574 g/mol. The van der Waals surface area contributed by atoms with Crippen molar-refractivity contribution in [1.82, 2.24) is 18.3 Å². The van der Waals surface area contributed by atoms with Gasteiger partial charge in [-0.15, -0.1) is 22.2 Å². The summed E-state index contributed by atoms with van der Waals surface area (Å²) in [4.78, 5) is 0. The Morgan fingerprint density at radius 3 is 1.00 bits per heavy atom. The lowest BCUT2D eigenvalue weighted by Crippen LogP contribution is -2.55. The molecule has 0 aromatic carbocycles. The molecule has 8 heteroatoms. The maximum Gasteiger partial charge on any atom is 0.311 e. The van der Waals surface area contributed by atoms with E-state index < -0.39 is 15.4 Å². The number of hydrogen-bond donors (Lipinski definition) is 0. The predicted molar refractivity (Wildman–Crippen MR) is 164 cm³/mol. The van der Waals surface area contributed by atoms with Crippen LogP contribution in [0, 0.1) is 0 Å². The Bertz CT molecular complexity index is 636. The van der Waals surface area contributed by atoms with Crippen molar-refractivity contribution in [3.05, 3.63) is 24.3 Å². The lowest BCUT2D eigenvalue weighted by atomic mass is 9.90. The van der Waals surface area contributed by atoms with Gasteiger partial charge in [0.1, 0.15) is 0 Å². The summed E-state index contributed by atoms with van der Waals surface area (Å²) in [6, 6.07) is 5.08. The second-order valence-electron chi connectivity index (χ2n) is 11.0. The van der Waals surface area contributed by atoms with Crippen LogP contribution in [0.1, 0.15) is 92.9 Å². The van der Waals surface area contributed by atoms with Gasteiger partial charge in [0.2, 0.25) is 0 Å². The summed E-state index contributed by atoms with van der Waals surface area (Å²) in [5.41, 5.74) is 0. The number of halogens is 2. The number of fused-ring (bicyclic) bond motifs is 2. The Hall–Kier alpha value is 0.334. The highest BCUT2D eigenvalue weighted by Gasteiger charge is 2.58. The van der Waals surface area contributed by atoms with Crippen LogP contribution in [0.25, 0.3) is 0 Å². The maximum absolute atomic E-state index is 7.20. The molecular formula is C28H54Cl2N4Si2. The van der Waals surface area contributed by atoms with E-state index in [-0.39, 0.29) is 0 Å². The molecule has 2 aliphatic heterocycles. The minimum atomic E-state index is -1.94. The van der Waals surface area contributed by atoms with Crippen LogP contribution in [0.2, 0.25) is 12.1 Å². The number of nitrogens with zero attached hydrogens (tertiary/aromatic N) is 4. The van der Waals surface area contributed by atoms with Crippen LogP contribution in [0.4, 0.5) is 0 Å². The molecular weight excluding hydrogens is 519 g/mol. The quantitative estimate of drug-likeness (QED) is 0.170. The van der Waals surface area contributed by atoms with Gasteiger partial charge in [-0.2, -0.15) is 0 Å². The van der Waals surface area contributed by atoms with Crippen molar-refractivity contribution in [3.8, 4) is 0 Å². The Labute approximate surface area is 234 Å².